The maximum Gasteiger partial charge on any atom is -0.0193 e. The van der Waals surface area contributed by atoms with Gasteiger partial charge in [-0.15, -0.1) is 0 Å². The number of hydrogen-bond donors (Lipinski definition) is 0. The first-order chi connectivity index (χ1) is 15.5. The lowest BCUT2D eigenvalue weighted by molar-refractivity contribution is 0.607. The third kappa shape index (κ3) is 11.9. The minimum atomic E-state index is 0.702. The third-order valence-corrected chi connectivity index (χ3v) is 6.96. The fourth-order valence-electron chi connectivity index (χ4n) is 3.99. The smallest absolute Gasteiger partial charge is 0.0193 e. The molecule has 0 fully saturated rings. The Kier molecular flexibility index (Phi) is 16.0. The van der Waals surface area contributed by atoms with Gasteiger partial charge in [-0.2, -0.15) is 0 Å². The average Bonchev–Trinajstić information content (AvgIpc) is 2.85. The maximum atomic E-state index is 2.33. The highest BCUT2D eigenvalue weighted by atomic mass is 14.1. The largest absolute Gasteiger partial charge is 0.0654 e. The third-order valence-electron chi connectivity index (χ3n) is 6.96. The van der Waals surface area contributed by atoms with Gasteiger partial charge in [-0.1, -0.05) is 129 Å². The van der Waals surface area contributed by atoms with Gasteiger partial charge >= 0.3 is 0 Å². The molecule has 0 heterocycles. The summed E-state index contributed by atoms with van der Waals surface area (Å²) >= 11 is 0. The van der Waals surface area contributed by atoms with Gasteiger partial charge in [0.1, 0.15) is 0 Å². The molecule has 0 aliphatic heterocycles. The highest BCUT2D eigenvalue weighted by Gasteiger charge is 2.03. The number of unbranched alkanes of at least 4 members (excludes halogenated alkanes) is 6. The van der Waals surface area contributed by atoms with Crippen molar-refractivity contribution in [2.45, 2.75) is 130 Å². The molecule has 0 amide bonds. The van der Waals surface area contributed by atoms with Gasteiger partial charge in [0.2, 0.25) is 0 Å². The average molecular weight is 437 g/mol. The van der Waals surface area contributed by atoms with Crippen molar-refractivity contribution in [2.75, 3.05) is 0 Å². The van der Waals surface area contributed by atoms with Gasteiger partial charge < -0.3 is 0 Å². The van der Waals surface area contributed by atoms with Crippen LogP contribution in [0.3, 0.4) is 0 Å². The number of aryl methyl sites for hydroxylation is 2. The van der Waals surface area contributed by atoms with Gasteiger partial charge in [0.05, 0.1) is 0 Å². The summed E-state index contributed by atoms with van der Waals surface area (Å²) in [5.74, 6) is 1.41. The van der Waals surface area contributed by atoms with E-state index < -0.39 is 0 Å². The van der Waals surface area contributed by atoms with Gasteiger partial charge in [0.15, 0.2) is 0 Å². The van der Waals surface area contributed by atoms with E-state index in [9.17, 15) is 0 Å². The molecule has 2 atom stereocenters. The molecule has 0 bridgehead atoms. The lowest BCUT2D eigenvalue weighted by atomic mass is 9.96. The molecule has 0 spiro atoms. The van der Waals surface area contributed by atoms with Crippen LogP contribution in [0.1, 0.15) is 140 Å². The second kappa shape index (κ2) is 17.9. The zero-order valence-electron chi connectivity index (χ0n) is 22.3. The van der Waals surface area contributed by atoms with Crippen LogP contribution in [0.2, 0.25) is 0 Å². The molecule has 0 aromatic heterocycles. The summed E-state index contributed by atoms with van der Waals surface area (Å²) in [6, 6.07) is 18.5. The van der Waals surface area contributed by atoms with Crippen LogP contribution in [-0.4, -0.2) is 0 Å². The molecule has 2 rings (SSSR count). The second-order valence-corrected chi connectivity index (χ2v) is 9.72. The van der Waals surface area contributed by atoms with E-state index in [0.29, 0.717) is 11.8 Å². The molecule has 2 unspecified atom stereocenters. The van der Waals surface area contributed by atoms with E-state index in [-0.39, 0.29) is 0 Å². The molecule has 0 nitrogen and oxygen atoms in total. The van der Waals surface area contributed by atoms with Crippen molar-refractivity contribution in [3.63, 3.8) is 0 Å². The minimum Gasteiger partial charge on any atom is -0.0654 e. The second-order valence-electron chi connectivity index (χ2n) is 9.72. The molecule has 0 heteroatoms. The molecule has 180 valence electrons. The van der Waals surface area contributed by atoms with Crippen LogP contribution in [0.25, 0.3) is 0 Å². The molecular weight excluding hydrogens is 384 g/mol. The molecule has 0 aliphatic rings. The Bertz CT molecular complexity index is 664. The van der Waals surface area contributed by atoms with Gasteiger partial charge in [-0.3, -0.25) is 0 Å². The Morgan fingerprint density at radius 1 is 0.469 bits per heavy atom. The minimum absolute atomic E-state index is 0.702. The molecular formula is C32H52. The van der Waals surface area contributed by atoms with Crippen LogP contribution in [-0.2, 0) is 12.8 Å². The summed E-state index contributed by atoms with van der Waals surface area (Å²) in [5.41, 5.74) is 5.97. The van der Waals surface area contributed by atoms with E-state index in [2.05, 4.69) is 90.1 Å². The predicted molar refractivity (Wildman–Crippen MR) is 146 cm³/mol. The molecule has 0 saturated carbocycles. The van der Waals surface area contributed by atoms with Crippen LogP contribution in [0, 0.1) is 0 Å². The lowest BCUT2D eigenvalue weighted by Crippen LogP contribution is -1.92. The zero-order valence-corrected chi connectivity index (χ0v) is 22.3. The molecule has 0 aliphatic carbocycles. The van der Waals surface area contributed by atoms with Crippen LogP contribution >= 0.6 is 0 Å². The van der Waals surface area contributed by atoms with Crippen LogP contribution in [0.15, 0.2) is 48.5 Å². The standard InChI is InChI=1S/C18H30.C14H22/c1-4-6-7-8-9-10-11-17-12-14-18(15-13-17)16(3)5-2;1-4-6-7-13-8-10-14(11-9-13)12(3)5-2/h12-16H,4-11H2,1-3H3;8-12H,4-7H2,1-3H3. The van der Waals surface area contributed by atoms with E-state index in [0.717, 1.165) is 0 Å². The zero-order chi connectivity index (χ0) is 23.6. The number of rotatable bonds is 14. The first-order valence-electron chi connectivity index (χ1n) is 13.7. The predicted octanol–water partition coefficient (Wildman–Crippen LogP) is 10.6. The summed E-state index contributed by atoms with van der Waals surface area (Å²) < 4.78 is 0. The van der Waals surface area contributed by atoms with E-state index in [1.165, 1.54) is 99.3 Å². The lowest BCUT2D eigenvalue weighted by Gasteiger charge is -2.09. The molecule has 2 aromatic carbocycles. The van der Waals surface area contributed by atoms with Gasteiger partial charge in [0, 0.05) is 0 Å². The normalized spacial score (nSPS) is 12.7. The van der Waals surface area contributed by atoms with Crippen molar-refractivity contribution in [2.24, 2.45) is 0 Å². The summed E-state index contributed by atoms with van der Waals surface area (Å²) in [6.45, 7) is 13.6. The van der Waals surface area contributed by atoms with Crippen molar-refractivity contribution in [3.8, 4) is 0 Å². The van der Waals surface area contributed by atoms with E-state index in [1.807, 2.05) is 0 Å². The van der Waals surface area contributed by atoms with Crippen LogP contribution in [0.4, 0.5) is 0 Å². The van der Waals surface area contributed by atoms with Crippen molar-refractivity contribution in [1.29, 1.82) is 0 Å². The van der Waals surface area contributed by atoms with Gasteiger partial charge in [-0.25, -0.2) is 0 Å². The van der Waals surface area contributed by atoms with E-state index in [1.54, 1.807) is 0 Å². The molecule has 0 radical (unpaired) electrons. The maximum absolute atomic E-state index is 2.33. The van der Waals surface area contributed by atoms with Crippen molar-refractivity contribution >= 4 is 0 Å². The highest BCUT2D eigenvalue weighted by Crippen LogP contribution is 2.20. The summed E-state index contributed by atoms with van der Waals surface area (Å²) in [6.07, 6.45) is 15.9. The van der Waals surface area contributed by atoms with Gasteiger partial charge in [-0.05, 0) is 72.6 Å². The van der Waals surface area contributed by atoms with Gasteiger partial charge in [0.25, 0.3) is 0 Å². The Labute approximate surface area is 201 Å². The fraction of sp³-hybridized carbons (Fsp3) is 0.625. The van der Waals surface area contributed by atoms with Crippen molar-refractivity contribution in [1.82, 2.24) is 0 Å². The first kappa shape index (κ1) is 28.5. The fourth-order valence-corrected chi connectivity index (χ4v) is 3.99. The SMILES string of the molecule is CCCCCCCCc1ccc(C(C)CC)cc1.CCCCc1ccc(C(C)CC)cc1. The number of benzene rings is 2. The summed E-state index contributed by atoms with van der Waals surface area (Å²) in [5, 5.41) is 0. The monoisotopic (exact) mass is 436 g/mol. The molecule has 2 aromatic rings. The summed E-state index contributed by atoms with van der Waals surface area (Å²) in [7, 11) is 0. The van der Waals surface area contributed by atoms with Crippen LogP contribution in [0.5, 0.6) is 0 Å². The Hall–Kier alpha value is -1.56. The van der Waals surface area contributed by atoms with E-state index in [4.69, 9.17) is 0 Å². The van der Waals surface area contributed by atoms with Crippen molar-refractivity contribution in [3.05, 3.63) is 70.8 Å². The molecule has 0 N–H and O–H groups in total. The first-order valence-corrected chi connectivity index (χ1v) is 13.7. The Morgan fingerprint density at radius 3 is 1.25 bits per heavy atom. The number of hydrogen-bond acceptors (Lipinski definition) is 0. The molecule has 32 heavy (non-hydrogen) atoms. The van der Waals surface area contributed by atoms with E-state index >= 15 is 0 Å². The van der Waals surface area contributed by atoms with Crippen molar-refractivity contribution < 1.29 is 0 Å². The molecule has 0 saturated heterocycles. The summed E-state index contributed by atoms with van der Waals surface area (Å²) in [4.78, 5) is 0. The topological polar surface area (TPSA) is 0 Å². The van der Waals surface area contributed by atoms with Crippen LogP contribution < -0.4 is 0 Å². The Balaban J connectivity index is 0.000000330. The Morgan fingerprint density at radius 2 is 0.844 bits per heavy atom. The quantitative estimate of drug-likeness (QED) is 0.258. The highest BCUT2D eigenvalue weighted by molar-refractivity contribution is 5.25.